The van der Waals surface area contributed by atoms with E-state index < -0.39 is 0 Å². The number of esters is 3. The maximum Gasteiger partial charge on any atom is 0.305 e. The molecule has 4 saturated carbocycles. The highest BCUT2D eigenvalue weighted by Gasteiger charge is 3.01. The Balaban J connectivity index is 1.28. The molecular weight excluding hydrogens is 943 g/mol. The summed E-state index contributed by atoms with van der Waals surface area (Å²) in [5, 5.41) is 0. The first-order chi connectivity index (χ1) is 36.6. The Bertz CT molecular complexity index is 1460. The monoisotopic (exact) mass is 1060 g/mol. The topological polar surface area (TPSA) is 119 Å². The quantitative estimate of drug-likeness (QED) is 0.0251. The lowest BCUT2D eigenvalue weighted by molar-refractivity contribution is -0.566. The summed E-state index contributed by atoms with van der Waals surface area (Å²) in [4.78, 5) is 42.5. The fourth-order valence-electron chi connectivity index (χ4n) is 14.4. The summed E-state index contributed by atoms with van der Waals surface area (Å²) in [6.07, 6.45) is 36.6. The van der Waals surface area contributed by atoms with Gasteiger partial charge in [0.05, 0.1) is 19.8 Å². The van der Waals surface area contributed by atoms with Crippen LogP contribution in [-0.2, 0) is 47.5 Å². The standard InChI is InChI=1S/C64H117NO10/c1-8-14-18-22-26-34-45-69-58(70-46-35-27-23-19-15-9-2)42-32-30-39-55(66)73-50-62-49-54-60(62)61-63(54,51-74-57(68)41-38-44-65(12-5)13-6)53(7)64(61,62)52-75-56(67)40-31-33-43-59(71-47-36-28-24-20-16-10-3)72-48-37-29-25-21-17-11-4/h53-54,58-61H,8-52H2,1-7H3. The molecule has 7 unspecified atom stereocenters. The van der Waals surface area contributed by atoms with Crippen LogP contribution in [0.2, 0.25) is 0 Å². The van der Waals surface area contributed by atoms with Gasteiger partial charge in [-0.3, -0.25) is 14.4 Å². The molecule has 4 aliphatic rings. The number of ether oxygens (including phenoxy) is 7. The lowest BCUT2D eigenvalue weighted by Gasteiger charge is -3.01. The Morgan fingerprint density at radius 1 is 0.453 bits per heavy atom. The van der Waals surface area contributed by atoms with Crippen LogP contribution in [0.1, 0.15) is 273 Å². The molecule has 438 valence electrons. The third-order valence-corrected chi connectivity index (χ3v) is 18.9. The second kappa shape index (κ2) is 38.0. The SMILES string of the molecule is CCCCCCCCOC(CCCCC(=O)OCC12CC3C1C1C3(COC(=O)CCCN(CC)CC)C(C)C12COC(=O)CCCCC(OCCCCCCCC)OCCCCCCCC)OCCCCCCCC. The van der Waals surface area contributed by atoms with Crippen molar-refractivity contribution in [1.29, 1.82) is 0 Å². The molecule has 0 bridgehead atoms. The van der Waals surface area contributed by atoms with E-state index in [4.69, 9.17) is 33.2 Å². The van der Waals surface area contributed by atoms with Crippen LogP contribution in [0.3, 0.4) is 0 Å². The van der Waals surface area contributed by atoms with Crippen LogP contribution in [0.4, 0.5) is 0 Å². The summed E-state index contributed by atoms with van der Waals surface area (Å²) >= 11 is 0. The Morgan fingerprint density at radius 2 is 0.827 bits per heavy atom. The molecule has 7 atom stereocenters. The van der Waals surface area contributed by atoms with Crippen molar-refractivity contribution in [3.05, 3.63) is 0 Å². The van der Waals surface area contributed by atoms with Crippen molar-refractivity contribution in [2.24, 2.45) is 39.9 Å². The molecule has 0 amide bonds. The van der Waals surface area contributed by atoms with Gasteiger partial charge in [0.25, 0.3) is 0 Å². The Labute approximate surface area is 460 Å². The second-order valence-corrected chi connectivity index (χ2v) is 23.9. The predicted molar refractivity (Wildman–Crippen MR) is 303 cm³/mol. The number of rotatable bonds is 54. The first kappa shape index (κ1) is 65.7. The summed E-state index contributed by atoms with van der Waals surface area (Å²) in [5.41, 5.74) is -0.547. The highest BCUT2D eigenvalue weighted by molar-refractivity contribution is 5.71. The molecule has 0 N–H and O–H groups in total. The van der Waals surface area contributed by atoms with Gasteiger partial charge in [0.15, 0.2) is 12.6 Å². The van der Waals surface area contributed by atoms with Gasteiger partial charge >= 0.3 is 17.9 Å². The minimum atomic E-state index is -0.273. The predicted octanol–water partition coefficient (Wildman–Crippen LogP) is 15.9. The van der Waals surface area contributed by atoms with Gasteiger partial charge in [-0.15, -0.1) is 0 Å². The van der Waals surface area contributed by atoms with Gasteiger partial charge in [0.2, 0.25) is 0 Å². The number of hydrogen-bond acceptors (Lipinski definition) is 11. The first-order valence-corrected chi connectivity index (χ1v) is 32.3. The largest absolute Gasteiger partial charge is 0.465 e. The van der Waals surface area contributed by atoms with Gasteiger partial charge in [-0.1, -0.05) is 177 Å². The van der Waals surface area contributed by atoms with Crippen molar-refractivity contribution in [3.63, 3.8) is 0 Å². The minimum Gasteiger partial charge on any atom is -0.465 e. The van der Waals surface area contributed by atoms with Crippen molar-refractivity contribution < 1.29 is 47.5 Å². The first-order valence-electron chi connectivity index (χ1n) is 32.3. The van der Waals surface area contributed by atoms with E-state index in [1.165, 1.54) is 128 Å². The van der Waals surface area contributed by atoms with Crippen LogP contribution < -0.4 is 0 Å². The highest BCUT2D eigenvalue weighted by atomic mass is 16.7. The number of carbonyl (C=O) groups excluding carboxylic acids is 3. The Morgan fingerprint density at radius 3 is 1.21 bits per heavy atom. The van der Waals surface area contributed by atoms with Gasteiger partial charge in [-0.2, -0.15) is 0 Å². The molecule has 4 aliphatic carbocycles. The molecule has 0 aromatic heterocycles. The molecule has 0 heterocycles. The summed E-state index contributed by atoms with van der Waals surface area (Å²) in [5.74, 6) is 0.932. The molecule has 4 rings (SSSR count). The number of fused-ring (bicyclic) bond motifs is 2. The van der Waals surface area contributed by atoms with Gasteiger partial charge in [0.1, 0.15) is 0 Å². The summed E-state index contributed by atoms with van der Waals surface area (Å²) in [7, 11) is 0. The number of unbranched alkanes of at least 4 members (excludes halogenated alkanes) is 22. The molecule has 4 fully saturated rings. The maximum atomic E-state index is 13.6. The lowest BCUT2D eigenvalue weighted by atomic mass is 9.02. The van der Waals surface area contributed by atoms with Crippen molar-refractivity contribution in [2.45, 2.75) is 286 Å². The summed E-state index contributed by atoms with van der Waals surface area (Å²) < 4.78 is 43.8. The normalized spacial score (nSPS) is 23.9. The third kappa shape index (κ3) is 19.8. The van der Waals surface area contributed by atoms with E-state index in [0.717, 1.165) is 123 Å². The molecule has 0 radical (unpaired) electrons. The van der Waals surface area contributed by atoms with Crippen LogP contribution in [0.25, 0.3) is 0 Å². The average molecular weight is 1060 g/mol. The number of carbonyl (C=O) groups is 3. The van der Waals surface area contributed by atoms with Gasteiger partial charge < -0.3 is 38.1 Å². The van der Waals surface area contributed by atoms with Crippen LogP contribution >= 0.6 is 0 Å². The zero-order valence-electron chi connectivity index (χ0n) is 49.8. The minimum absolute atomic E-state index is 0.0812. The van der Waals surface area contributed by atoms with Crippen molar-refractivity contribution >= 4 is 17.9 Å². The van der Waals surface area contributed by atoms with Gasteiger partial charge in [-0.05, 0) is 120 Å². The van der Waals surface area contributed by atoms with E-state index >= 15 is 0 Å². The number of nitrogens with zero attached hydrogens (tertiary/aromatic N) is 1. The average Bonchev–Trinajstić information content (AvgIpc) is 3.54. The van der Waals surface area contributed by atoms with E-state index in [-0.39, 0.29) is 52.7 Å². The molecule has 0 spiro atoms. The Hall–Kier alpha value is -1.79. The Kier molecular flexibility index (Phi) is 33.3. The van der Waals surface area contributed by atoms with Crippen LogP contribution in [-0.4, -0.2) is 101 Å². The fourth-order valence-corrected chi connectivity index (χ4v) is 14.4. The smallest absolute Gasteiger partial charge is 0.305 e. The van der Waals surface area contributed by atoms with Crippen LogP contribution in [0, 0.1) is 39.9 Å². The van der Waals surface area contributed by atoms with E-state index in [1.807, 2.05) is 0 Å². The molecule has 11 nitrogen and oxygen atoms in total. The van der Waals surface area contributed by atoms with Crippen molar-refractivity contribution in [1.82, 2.24) is 4.90 Å². The van der Waals surface area contributed by atoms with Crippen molar-refractivity contribution in [2.75, 3.05) is 65.9 Å². The zero-order valence-corrected chi connectivity index (χ0v) is 49.8. The molecule has 11 heteroatoms. The fraction of sp³-hybridized carbons (Fsp3) is 0.953. The van der Waals surface area contributed by atoms with E-state index in [1.54, 1.807) is 0 Å². The zero-order chi connectivity index (χ0) is 54.0. The second-order valence-electron chi connectivity index (χ2n) is 23.9. The molecule has 75 heavy (non-hydrogen) atoms. The van der Waals surface area contributed by atoms with Gasteiger partial charge in [-0.25, -0.2) is 0 Å². The van der Waals surface area contributed by atoms with Crippen LogP contribution in [0.5, 0.6) is 0 Å². The van der Waals surface area contributed by atoms with Crippen molar-refractivity contribution in [3.8, 4) is 0 Å². The third-order valence-electron chi connectivity index (χ3n) is 18.9. The van der Waals surface area contributed by atoms with E-state index in [2.05, 4.69) is 53.4 Å². The molecule has 0 saturated heterocycles. The number of hydrogen-bond donors (Lipinski definition) is 0. The van der Waals surface area contributed by atoms with E-state index in [0.29, 0.717) is 56.8 Å². The van der Waals surface area contributed by atoms with E-state index in [9.17, 15) is 14.4 Å². The molecule has 0 aliphatic heterocycles. The maximum absolute atomic E-state index is 13.6. The molecule has 0 aromatic rings. The highest BCUT2D eigenvalue weighted by Crippen LogP contribution is 3.01. The summed E-state index contributed by atoms with van der Waals surface area (Å²) in [6.45, 7) is 22.5. The summed E-state index contributed by atoms with van der Waals surface area (Å²) in [6, 6.07) is 0. The molecular formula is C64H117NO10. The lowest BCUT2D eigenvalue weighted by Crippen LogP contribution is -3.01. The molecule has 0 aromatic carbocycles. The van der Waals surface area contributed by atoms with Gasteiger partial charge in [0, 0.05) is 61.9 Å². The van der Waals surface area contributed by atoms with Crippen LogP contribution in [0.15, 0.2) is 0 Å².